The van der Waals surface area contributed by atoms with E-state index in [1.54, 1.807) is 18.2 Å². The minimum Gasteiger partial charge on any atom is -0.489 e. The monoisotopic (exact) mass is 246 g/mol. The molecule has 17 heavy (non-hydrogen) atoms. The van der Waals surface area contributed by atoms with Crippen molar-refractivity contribution in [3.05, 3.63) is 65.7 Å². The van der Waals surface area contributed by atoms with Crippen molar-refractivity contribution in [3.8, 4) is 5.75 Å². The molecule has 0 saturated heterocycles. The van der Waals surface area contributed by atoms with Crippen LogP contribution in [0.2, 0.25) is 0 Å². The molecule has 86 valence electrons. The molecule has 0 amide bonds. The maximum atomic E-state index is 11.0. The van der Waals surface area contributed by atoms with Crippen LogP contribution in [0.5, 0.6) is 5.75 Å². The van der Waals surface area contributed by atoms with Crippen molar-refractivity contribution in [1.29, 1.82) is 0 Å². The number of ether oxygens (including phenoxy) is 1. The van der Waals surface area contributed by atoms with Gasteiger partial charge in [-0.25, -0.2) is 0 Å². The van der Waals surface area contributed by atoms with Gasteiger partial charge in [-0.3, -0.25) is 4.79 Å². The van der Waals surface area contributed by atoms with Gasteiger partial charge in [-0.05, 0) is 35.4 Å². The van der Waals surface area contributed by atoms with Crippen LogP contribution < -0.4 is 4.74 Å². The summed E-state index contributed by atoms with van der Waals surface area (Å²) in [5, 5.41) is -0.452. The van der Waals surface area contributed by atoms with E-state index in [-0.39, 0.29) is 0 Å². The molecular weight excluding hydrogens is 236 g/mol. The Labute approximate surface area is 105 Å². The average Bonchev–Trinajstić information content (AvgIpc) is 2.38. The third-order valence-electron chi connectivity index (χ3n) is 2.30. The van der Waals surface area contributed by atoms with E-state index in [0.29, 0.717) is 12.2 Å². The molecule has 2 aromatic rings. The number of benzene rings is 2. The molecule has 2 nitrogen and oxygen atoms in total. The van der Waals surface area contributed by atoms with Gasteiger partial charge in [0.25, 0.3) is 5.24 Å². The largest absolute Gasteiger partial charge is 0.489 e. The number of carbonyl (C=O) groups excluding carboxylic acids is 1. The first-order chi connectivity index (χ1) is 8.25. The Bertz CT molecular complexity index is 509. The van der Waals surface area contributed by atoms with E-state index in [2.05, 4.69) is 0 Å². The Morgan fingerprint density at radius 3 is 2.53 bits per heavy atom. The van der Waals surface area contributed by atoms with Gasteiger partial charge in [0, 0.05) is 5.56 Å². The highest BCUT2D eigenvalue weighted by atomic mass is 35.5. The highest BCUT2D eigenvalue weighted by Crippen LogP contribution is 2.13. The van der Waals surface area contributed by atoms with E-state index in [1.165, 1.54) is 0 Å². The highest BCUT2D eigenvalue weighted by molar-refractivity contribution is 6.67. The zero-order valence-electron chi connectivity index (χ0n) is 9.10. The molecule has 0 radical (unpaired) electrons. The summed E-state index contributed by atoms with van der Waals surface area (Å²) in [6.07, 6.45) is 0. The Morgan fingerprint density at radius 2 is 1.82 bits per heavy atom. The topological polar surface area (TPSA) is 26.3 Å². The SMILES string of the molecule is O=C(Cl)c1cccc(COc2ccccc2)c1. The van der Waals surface area contributed by atoms with Crippen LogP contribution in [0.25, 0.3) is 0 Å². The van der Waals surface area contributed by atoms with Crippen LogP contribution in [-0.4, -0.2) is 5.24 Å². The van der Waals surface area contributed by atoms with Gasteiger partial charge in [-0.15, -0.1) is 0 Å². The lowest BCUT2D eigenvalue weighted by molar-refractivity contribution is 0.108. The molecule has 2 aromatic carbocycles. The van der Waals surface area contributed by atoms with Crippen molar-refractivity contribution < 1.29 is 9.53 Å². The maximum absolute atomic E-state index is 11.0. The molecule has 0 aliphatic rings. The van der Waals surface area contributed by atoms with Gasteiger partial charge in [0.2, 0.25) is 0 Å². The van der Waals surface area contributed by atoms with Crippen molar-refractivity contribution in [3.63, 3.8) is 0 Å². The van der Waals surface area contributed by atoms with Crippen molar-refractivity contribution in [2.45, 2.75) is 6.61 Å². The summed E-state index contributed by atoms with van der Waals surface area (Å²) in [5.41, 5.74) is 1.40. The van der Waals surface area contributed by atoms with E-state index in [9.17, 15) is 4.79 Å². The van der Waals surface area contributed by atoms with Crippen LogP contribution in [0.1, 0.15) is 15.9 Å². The van der Waals surface area contributed by atoms with Crippen LogP contribution in [-0.2, 0) is 6.61 Å². The Kier molecular flexibility index (Phi) is 3.78. The minimum atomic E-state index is -0.452. The quantitative estimate of drug-likeness (QED) is 0.770. The average molecular weight is 247 g/mol. The second kappa shape index (κ2) is 5.51. The molecule has 0 spiro atoms. The van der Waals surface area contributed by atoms with Gasteiger partial charge in [0.05, 0.1) is 0 Å². The van der Waals surface area contributed by atoms with Crippen LogP contribution in [0.4, 0.5) is 0 Å². The number of carbonyl (C=O) groups is 1. The third kappa shape index (κ3) is 3.33. The van der Waals surface area contributed by atoms with Gasteiger partial charge in [-0.2, -0.15) is 0 Å². The molecule has 0 aliphatic heterocycles. The summed E-state index contributed by atoms with van der Waals surface area (Å²) in [6.45, 7) is 0.419. The second-order valence-electron chi connectivity index (χ2n) is 3.58. The number of para-hydroxylation sites is 1. The van der Waals surface area contributed by atoms with E-state index >= 15 is 0 Å². The summed E-state index contributed by atoms with van der Waals surface area (Å²) in [7, 11) is 0. The molecule has 2 rings (SSSR count). The fourth-order valence-electron chi connectivity index (χ4n) is 1.47. The summed E-state index contributed by atoms with van der Waals surface area (Å²) in [4.78, 5) is 11.0. The Balaban J connectivity index is 2.04. The van der Waals surface area contributed by atoms with E-state index in [0.717, 1.165) is 11.3 Å². The molecule has 0 atom stereocenters. The molecule has 0 N–H and O–H groups in total. The molecule has 0 unspecified atom stereocenters. The Morgan fingerprint density at radius 1 is 1.06 bits per heavy atom. The smallest absolute Gasteiger partial charge is 0.252 e. The van der Waals surface area contributed by atoms with Crippen LogP contribution in [0.15, 0.2) is 54.6 Å². The van der Waals surface area contributed by atoms with Crippen molar-refractivity contribution in [2.75, 3.05) is 0 Å². The maximum Gasteiger partial charge on any atom is 0.252 e. The van der Waals surface area contributed by atoms with Gasteiger partial charge in [0.15, 0.2) is 0 Å². The zero-order chi connectivity index (χ0) is 12.1. The lowest BCUT2D eigenvalue weighted by Crippen LogP contribution is -1.97. The standard InChI is InChI=1S/C14H11ClO2/c15-14(16)12-6-4-5-11(9-12)10-17-13-7-2-1-3-8-13/h1-9H,10H2. The molecule has 0 fully saturated rings. The number of halogens is 1. The first kappa shape index (κ1) is 11.7. The first-order valence-corrected chi connectivity index (χ1v) is 5.60. The zero-order valence-corrected chi connectivity index (χ0v) is 9.85. The number of hydrogen-bond acceptors (Lipinski definition) is 2. The lowest BCUT2D eigenvalue weighted by atomic mass is 10.1. The van der Waals surface area contributed by atoms with Gasteiger partial charge >= 0.3 is 0 Å². The van der Waals surface area contributed by atoms with Crippen LogP contribution in [0.3, 0.4) is 0 Å². The normalized spacial score (nSPS) is 9.94. The predicted octanol–water partition coefficient (Wildman–Crippen LogP) is 3.64. The third-order valence-corrected chi connectivity index (χ3v) is 2.52. The molecule has 0 heterocycles. The Hall–Kier alpha value is -1.80. The number of hydrogen-bond donors (Lipinski definition) is 0. The second-order valence-corrected chi connectivity index (χ2v) is 3.92. The molecule has 3 heteroatoms. The molecule has 0 aliphatic carbocycles. The van der Waals surface area contributed by atoms with Crippen LogP contribution in [0, 0.1) is 0 Å². The summed E-state index contributed by atoms with van der Waals surface area (Å²) < 4.78 is 5.57. The first-order valence-electron chi connectivity index (χ1n) is 5.22. The fraction of sp³-hybridized carbons (Fsp3) is 0.0714. The minimum absolute atomic E-state index is 0.419. The molecular formula is C14H11ClO2. The predicted molar refractivity (Wildman–Crippen MR) is 67.4 cm³/mol. The summed E-state index contributed by atoms with van der Waals surface area (Å²) >= 11 is 5.41. The highest BCUT2D eigenvalue weighted by Gasteiger charge is 2.02. The van der Waals surface area contributed by atoms with E-state index in [4.69, 9.17) is 16.3 Å². The van der Waals surface area contributed by atoms with Crippen molar-refractivity contribution in [1.82, 2.24) is 0 Å². The van der Waals surface area contributed by atoms with Crippen molar-refractivity contribution >= 4 is 16.8 Å². The number of rotatable bonds is 4. The molecule has 0 saturated carbocycles. The van der Waals surface area contributed by atoms with Gasteiger partial charge in [0.1, 0.15) is 12.4 Å². The van der Waals surface area contributed by atoms with Crippen molar-refractivity contribution in [2.24, 2.45) is 0 Å². The van der Waals surface area contributed by atoms with Gasteiger partial charge < -0.3 is 4.74 Å². The lowest BCUT2D eigenvalue weighted by Gasteiger charge is -2.06. The summed E-state index contributed by atoms with van der Waals surface area (Å²) in [5.74, 6) is 0.801. The van der Waals surface area contributed by atoms with E-state index in [1.807, 2.05) is 36.4 Å². The van der Waals surface area contributed by atoms with Crippen LogP contribution >= 0.6 is 11.6 Å². The van der Waals surface area contributed by atoms with Gasteiger partial charge in [-0.1, -0.05) is 36.4 Å². The summed E-state index contributed by atoms with van der Waals surface area (Å²) in [6, 6.07) is 16.6. The van der Waals surface area contributed by atoms with E-state index < -0.39 is 5.24 Å². The molecule has 0 aromatic heterocycles. The fourth-order valence-corrected chi connectivity index (χ4v) is 1.58. The molecule has 0 bridgehead atoms.